The van der Waals surface area contributed by atoms with Crippen LogP contribution in [0.15, 0.2) is 42.5 Å². The van der Waals surface area contributed by atoms with Crippen LogP contribution in [-0.4, -0.2) is 34.7 Å². The Balaban J connectivity index is 1.75. The van der Waals surface area contributed by atoms with Crippen LogP contribution in [0.1, 0.15) is 49.7 Å². The molecule has 2 amide bonds. The fraction of sp³-hybridized carbons (Fsp3) is 0.250. The fourth-order valence-electron chi connectivity index (χ4n) is 3.59. The zero-order chi connectivity index (χ0) is 23.4. The van der Waals surface area contributed by atoms with E-state index >= 15 is 0 Å². The highest BCUT2D eigenvalue weighted by Crippen LogP contribution is 2.21. The van der Waals surface area contributed by atoms with Crippen molar-refractivity contribution in [2.75, 3.05) is 12.4 Å². The molecule has 0 bridgehead atoms. The molecule has 0 radical (unpaired) electrons. The highest BCUT2D eigenvalue weighted by molar-refractivity contribution is 6.04. The predicted octanol–water partition coefficient (Wildman–Crippen LogP) is 3.25. The van der Waals surface area contributed by atoms with E-state index in [0.717, 1.165) is 22.6 Å². The lowest BCUT2D eigenvalue weighted by Crippen LogP contribution is -2.15. The van der Waals surface area contributed by atoms with Crippen LogP contribution in [0.5, 0.6) is 0 Å². The van der Waals surface area contributed by atoms with Crippen molar-refractivity contribution in [1.82, 2.24) is 9.78 Å². The third kappa shape index (κ3) is 4.85. The van der Waals surface area contributed by atoms with Gasteiger partial charge in [-0.05, 0) is 80.8 Å². The predicted molar refractivity (Wildman–Crippen MR) is 121 cm³/mol. The second kappa shape index (κ2) is 9.47. The van der Waals surface area contributed by atoms with Crippen molar-refractivity contribution in [3.05, 3.63) is 76.1 Å². The van der Waals surface area contributed by atoms with Gasteiger partial charge in [0.2, 0.25) is 5.91 Å². The molecule has 0 aliphatic rings. The third-order valence-electron chi connectivity index (χ3n) is 5.37. The van der Waals surface area contributed by atoms with Crippen molar-refractivity contribution >= 4 is 23.5 Å². The van der Waals surface area contributed by atoms with E-state index < -0.39 is 5.91 Å². The van der Waals surface area contributed by atoms with Crippen molar-refractivity contribution in [3.8, 4) is 5.69 Å². The maximum atomic E-state index is 12.6. The maximum absolute atomic E-state index is 12.6. The molecule has 0 fully saturated rings. The summed E-state index contributed by atoms with van der Waals surface area (Å²) in [5.41, 5.74) is 11.1. The number of aryl methyl sites for hydroxylation is 2. The van der Waals surface area contributed by atoms with E-state index in [1.54, 1.807) is 41.9 Å². The molecular weight excluding hydrogens is 408 g/mol. The van der Waals surface area contributed by atoms with Crippen molar-refractivity contribution in [1.29, 1.82) is 0 Å². The van der Waals surface area contributed by atoms with E-state index in [2.05, 4.69) is 10.4 Å². The first-order chi connectivity index (χ1) is 15.2. The number of hydrogen-bond acceptors (Lipinski definition) is 5. The quantitative estimate of drug-likeness (QED) is 0.554. The molecule has 1 aromatic heterocycles. The lowest BCUT2D eigenvalue weighted by molar-refractivity contribution is -0.140. The van der Waals surface area contributed by atoms with Crippen LogP contribution in [0.2, 0.25) is 0 Å². The number of benzene rings is 2. The van der Waals surface area contributed by atoms with Gasteiger partial charge in [0.15, 0.2) is 0 Å². The highest BCUT2D eigenvalue weighted by atomic mass is 16.5. The summed E-state index contributed by atoms with van der Waals surface area (Å²) < 4.78 is 6.52. The maximum Gasteiger partial charge on any atom is 0.305 e. The van der Waals surface area contributed by atoms with E-state index in [-0.39, 0.29) is 11.9 Å². The Morgan fingerprint density at radius 1 is 1.06 bits per heavy atom. The minimum atomic E-state index is -0.506. The number of methoxy groups -OCH3 is 1. The lowest BCUT2D eigenvalue weighted by atomic mass is 10.1. The molecule has 166 valence electrons. The summed E-state index contributed by atoms with van der Waals surface area (Å²) >= 11 is 0. The van der Waals surface area contributed by atoms with Crippen LogP contribution in [0.4, 0.5) is 5.69 Å². The molecule has 8 nitrogen and oxygen atoms in total. The van der Waals surface area contributed by atoms with Crippen molar-refractivity contribution in [2.24, 2.45) is 5.73 Å². The van der Waals surface area contributed by atoms with Crippen molar-refractivity contribution in [2.45, 2.75) is 33.6 Å². The van der Waals surface area contributed by atoms with Gasteiger partial charge < -0.3 is 15.8 Å². The van der Waals surface area contributed by atoms with Crippen LogP contribution in [0.3, 0.4) is 0 Å². The largest absolute Gasteiger partial charge is 0.469 e. The molecule has 0 spiro atoms. The average molecular weight is 434 g/mol. The molecule has 0 saturated carbocycles. The average Bonchev–Trinajstić information content (AvgIpc) is 3.05. The molecule has 0 aliphatic heterocycles. The van der Waals surface area contributed by atoms with Gasteiger partial charge >= 0.3 is 5.97 Å². The Morgan fingerprint density at radius 3 is 2.34 bits per heavy atom. The molecule has 3 rings (SSSR count). The second-order valence-electron chi connectivity index (χ2n) is 7.53. The van der Waals surface area contributed by atoms with Gasteiger partial charge in [0.05, 0.1) is 18.5 Å². The van der Waals surface area contributed by atoms with Gasteiger partial charge in [-0.2, -0.15) is 5.10 Å². The molecule has 8 heteroatoms. The molecule has 32 heavy (non-hydrogen) atoms. The molecule has 3 aromatic rings. The van der Waals surface area contributed by atoms with Crippen LogP contribution in [0, 0.1) is 20.8 Å². The molecule has 0 unspecified atom stereocenters. The van der Waals surface area contributed by atoms with Gasteiger partial charge in [0.1, 0.15) is 0 Å². The third-order valence-corrected chi connectivity index (χ3v) is 5.37. The second-order valence-corrected chi connectivity index (χ2v) is 7.53. The Morgan fingerprint density at radius 2 is 1.75 bits per heavy atom. The number of carbonyl (C=O) groups excluding carboxylic acids is 3. The minimum absolute atomic E-state index is 0.258. The number of nitrogens with zero attached hydrogens (tertiary/aromatic N) is 2. The fourth-order valence-corrected chi connectivity index (χ4v) is 3.59. The Labute approximate surface area is 186 Å². The number of ether oxygens (including phenoxy) is 1. The number of aromatic nitrogens is 2. The molecular formula is C24H26N4O4. The first kappa shape index (κ1) is 22.7. The van der Waals surface area contributed by atoms with Gasteiger partial charge in [0.25, 0.3) is 5.91 Å². The number of primary amides is 1. The topological polar surface area (TPSA) is 116 Å². The first-order valence-electron chi connectivity index (χ1n) is 10.2. The molecule has 2 aromatic carbocycles. The smallest absolute Gasteiger partial charge is 0.305 e. The Kier molecular flexibility index (Phi) is 6.73. The summed E-state index contributed by atoms with van der Waals surface area (Å²) in [4.78, 5) is 35.5. The number of nitrogens with two attached hydrogens (primary N) is 1. The van der Waals surface area contributed by atoms with Crippen LogP contribution in [-0.2, 0) is 16.0 Å². The standard InChI is InChI=1S/C24H26N4O4/c1-14-13-18(7-10-20(14)23(25)30)26-24(31)17-5-8-19(9-6-17)28-16(3)21(15(2)27-28)11-12-22(29)32-4/h5-10,13H,11-12H2,1-4H3,(H2,25,30)(H,26,31). The lowest BCUT2D eigenvalue weighted by Gasteiger charge is -2.09. The van der Waals surface area contributed by atoms with Crippen LogP contribution >= 0.6 is 0 Å². The van der Waals surface area contributed by atoms with Gasteiger partial charge in [-0.3, -0.25) is 14.4 Å². The van der Waals surface area contributed by atoms with Gasteiger partial charge in [0, 0.05) is 28.9 Å². The number of carbonyl (C=O) groups is 3. The summed E-state index contributed by atoms with van der Waals surface area (Å²) in [6.07, 6.45) is 0.849. The van der Waals surface area contributed by atoms with E-state index in [4.69, 9.17) is 10.5 Å². The Bertz CT molecular complexity index is 1180. The number of anilines is 1. The SMILES string of the molecule is COC(=O)CCc1c(C)nn(-c2ccc(C(=O)Nc3ccc(C(N)=O)c(C)c3)cc2)c1C. The number of amides is 2. The summed E-state index contributed by atoms with van der Waals surface area (Å²) in [5.74, 6) is -1.03. The number of esters is 1. The number of hydrogen-bond donors (Lipinski definition) is 2. The van der Waals surface area contributed by atoms with E-state index in [1.807, 2.05) is 26.0 Å². The summed E-state index contributed by atoms with van der Waals surface area (Å²) in [6, 6.07) is 12.0. The Hall–Kier alpha value is -3.94. The zero-order valence-corrected chi connectivity index (χ0v) is 18.6. The van der Waals surface area contributed by atoms with E-state index in [9.17, 15) is 14.4 Å². The summed E-state index contributed by atoms with van der Waals surface area (Å²) in [6.45, 7) is 5.62. The van der Waals surface area contributed by atoms with Gasteiger partial charge in [-0.1, -0.05) is 0 Å². The minimum Gasteiger partial charge on any atom is -0.469 e. The summed E-state index contributed by atoms with van der Waals surface area (Å²) in [7, 11) is 1.38. The molecule has 3 N–H and O–H groups in total. The zero-order valence-electron chi connectivity index (χ0n) is 18.6. The molecule has 0 saturated heterocycles. The monoisotopic (exact) mass is 434 g/mol. The molecule has 0 atom stereocenters. The van der Waals surface area contributed by atoms with Gasteiger partial charge in [-0.25, -0.2) is 4.68 Å². The number of rotatable bonds is 7. The van der Waals surface area contributed by atoms with E-state index in [1.165, 1.54) is 7.11 Å². The normalized spacial score (nSPS) is 10.6. The number of nitrogens with one attached hydrogen (secondary N) is 1. The summed E-state index contributed by atoms with van der Waals surface area (Å²) in [5, 5.41) is 7.41. The van der Waals surface area contributed by atoms with Gasteiger partial charge in [-0.15, -0.1) is 0 Å². The van der Waals surface area contributed by atoms with E-state index in [0.29, 0.717) is 35.2 Å². The van der Waals surface area contributed by atoms with Crippen LogP contribution < -0.4 is 11.1 Å². The molecule has 0 aliphatic carbocycles. The first-order valence-corrected chi connectivity index (χ1v) is 10.2. The van der Waals surface area contributed by atoms with Crippen molar-refractivity contribution in [3.63, 3.8) is 0 Å². The van der Waals surface area contributed by atoms with Crippen LogP contribution in [0.25, 0.3) is 5.69 Å². The van der Waals surface area contributed by atoms with Crippen molar-refractivity contribution < 1.29 is 19.1 Å². The highest BCUT2D eigenvalue weighted by Gasteiger charge is 2.15. The molecule has 1 heterocycles.